The van der Waals surface area contributed by atoms with Crippen molar-refractivity contribution in [3.63, 3.8) is 0 Å². The van der Waals surface area contributed by atoms with Crippen LogP contribution in [0.3, 0.4) is 0 Å². The molecule has 1 aromatic carbocycles. The lowest BCUT2D eigenvalue weighted by atomic mass is 9.82. The highest BCUT2D eigenvalue weighted by Crippen LogP contribution is 2.27. The minimum Gasteiger partial charge on any atom is -0.491 e. The molecule has 0 aliphatic rings. The smallest absolute Gasteiger partial charge is 0.119 e. The Balaban J connectivity index is 2.62. The van der Waals surface area contributed by atoms with E-state index < -0.39 is 6.10 Å². The summed E-state index contributed by atoms with van der Waals surface area (Å²) in [4.78, 5) is 0. The molecule has 1 aromatic rings. The first kappa shape index (κ1) is 14.0. The first-order chi connectivity index (χ1) is 7.99. The molecule has 2 N–H and O–H groups in total. The van der Waals surface area contributed by atoms with E-state index in [1.807, 2.05) is 24.3 Å². The molecular weight excluding hydrogens is 216 g/mol. The topological polar surface area (TPSA) is 49.7 Å². The zero-order chi connectivity index (χ0) is 12.9. The number of hydrogen-bond acceptors (Lipinski definition) is 3. The van der Waals surface area contributed by atoms with E-state index in [4.69, 9.17) is 14.9 Å². The van der Waals surface area contributed by atoms with Crippen molar-refractivity contribution in [1.29, 1.82) is 0 Å². The van der Waals surface area contributed by atoms with Gasteiger partial charge in [-0.15, -0.1) is 0 Å². The molecule has 0 radical (unpaired) electrons. The van der Waals surface area contributed by atoms with E-state index in [-0.39, 0.29) is 18.6 Å². The number of ether oxygens (including phenoxy) is 1. The van der Waals surface area contributed by atoms with Crippen LogP contribution in [0.15, 0.2) is 24.3 Å². The summed E-state index contributed by atoms with van der Waals surface area (Å²) in [5.41, 5.74) is 1.44. The van der Waals surface area contributed by atoms with Crippen LogP contribution < -0.4 is 4.74 Å². The van der Waals surface area contributed by atoms with Crippen LogP contribution in [0.1, 0.15) is 32.8 Å². The summed E-state index contributed by atoms with van der Waals surface area (Å²) in [6, 6.07) is 7.89. The number of rotatable bonds is 6. The summed E-state index contributed by atoms with van der Waals surface area (Å²) < 4.78 is 5.35. The Hall–Kier alpha value is -1.06. The summed E-state index contributed by atoms with van der Waals surface area (Å²) in [7, 11) is 0. The Morgan fingerprint density at radius 2 is 1.82 bits per heavy atom. The van der Waals surface area contributed by atoms with E-state index >= 15 is 0 Å². The van der Waals surface area contributed by atoms with Crippen LogP contribution in [0.2, 0.25) is 0 Å². The van der Waals surface area contributed by atoms with Gasteiger partial charge in [-0.1, -0.05) is 32.9 Å². The first-order valence-electron chi connectivity index (χ1n) is 6.02. The fraction of sp³-hybridized carbons (Fsp3) is 0.571. The number of aliphatic hydroxyl groups excluding tert-OH is 2. The Morgan fingerprint density at radius 1 is 1.24 bits per heavy atom. The van der Waals surface area contributed by atoms with Gasteiger partial charge in [0, 0.05) is 0 Å². The van der Waals surface area contributed by atoms with E-state index in [1.54, 1.807) is 0 Å². The van der Waals surface area contributed by atoms with Gasteiger partial charge in [0.25, 0.3) is 0 Å². The average Bonchev–Trinajstić information content (AvgIpc) is 2.36. The van der Waals surface area contributed by atoms with Crippen molar-refractivity contribution in [1.82, 2.24) is 0 Å². The number of benzene rings is 1. The zero-order valence-corrected chi connectivity index (χ0v) is 10.8. The molecule has 0 spiro atoms. The van der Waals surface area contributed by atoms with Crippen LogP contribution >= 0.6 is 0 Å². The fourth-order valence-electron chi connectivity index (χ4n) is 1.45. The van der Waals surface area contributed by atoms with Gasteiger partial charge in [-0.25, -0.2) is 0 Å². The van der Waals surface area contributed by atoms with Crippen molar-refractivity contribution in [2.75, 3.05) is 13.2 Å². The maximum absolute atomic E-state index is 9.17. The minimum atomic E-state index is -0.818. The van der Waals surface area contributed by atoms with Crippen molar-refractivity contribution in [3.8, 4) is 5.75 Å². The summed E-state index contributed by atoms with van der Waals surface area (Å²) in [6.07, 6.45) is 0.262. The molecule has 0 saturated carbocycles. The molecule has 96 valence electrons. The monoisotopic (exact) mass is 238 g/mol. The Labute approximate surface area is 103 Å². The van der Waals surface area contributed by atoms with E-state index in [9.17, 15) is 0 Å². The van der Waals surface area contributed by atoms with Gasteiger partial charge in [0.1, 0.15) is 18.5 Å². The fourth-order valence-corrected chi connectivity index (χ4v) is 1.45. The first-order valence-corrected chi connectivity index (χ1v) is 6.02. The summed E-state index contributed by atoms with van der Waals surface area (Å²) >= 11 is 0. The third-order valence-electron chi connectivity index (χ3n) is 3.17. The lowest BCUT2D eigenvalue weighted by molar-refractivity contribution is 0.0536. The van der Waals surface area contributed by atoms with Crippen molar-refractivity contribution in [2.45, 2.75) is 38.7 Å². The third-order valence-corrected chi connectivity index (χ3v) is 3.17. The Morgan fingerprint density at radius 3 is 2.29 bits per heavy atom. The molecule has 0 bridgehead atoms. The molecule has 1 unspecified atom stereocenters. The Kier molecular flexibility index (Phi) is 4.97. The second-order valence-corrected chi connectivity index (χ2v) is 4.91. The highest BCUT2D eigenvalue weighted by molar-refractivity contribution is 5.31. The van der Waals surface area contributed by atoms with E-state index in [0.29, 0.717) is 5.75 Å². The molecule has 0 aliphatic heterocycles. The second-order valence-electron chi connectivity index (χ2n) is 4.91. The lowest BCUT2D eigenvalue weighted by Crippen LogP contribution is -2.21. The van der Waals surface area contributed by atoms with Gasteiger partial charge < -0.3 is 14.9 Å². The molecule has 0 saturated heterocycles. The minimum absolute atomic E-state index is 0.118. The van der Waals surface area contributed by atoms with Crippen LogP contribution in [-0.2, 0) is 5.41 Å². The summed E-state index contributed by atoms with van der Waals surface area (Å²) in [5.74, 6) is 0.716. The molecule has 3 nitrogen and oxygen atoms in total. The van der Waals surface area contributed by atoms with Crippen molar-refractivity contribution < 1.29 is 14.9 Å². The quantitative estimate of drug-likeness (QED) is 0.798. The summed E-state index contributed by atoms with van der Waals surface area (Å²) in [6.45, 7) is 6.42. The zero-order valence-electron chi connectivity index (χ0n) is 10.8. The van der Waals surface area contributed by atoms with Gasteiger partial charge in [0.15, 0.2) is 0 Å². The molecule has 1 atom stereocenters. The van der Waals surface area contributed by atoms with Crippen LogP contribution in [-0.4, -0.2) is 29.5 Å². The molecule has 17 heavy (non-hydrogen) atoms. The van der Waals surface area contributed by atoms with Crippen LogP contribution in [0.4, 0.5) is 0 Å². The molecule has 0 aromatic heterocycles. The maximum atomic E-state index is 9.17. The second kappa shape index (κ2) is 6.03. The number of aliphatic hydroxyl groups is 2. The number of hydrogen-bond donors (Lipinski definition) is 2. The predicted molar refractivity (Wildman–Crippen MR) is 68.3 cm³/mol. The van der Waals surface area contributed by atoms with Gasteiger partial charge in [0.05, 0.1) is 6.61 Å². The molecule has 0 aliphatic carbocycles. The third kappa shape index (κ3) is 4.02. The van der Waals surface area contributed by atoms with Crippen molar-refractivity contribution >= 4 is 0 Å². The molecule has 0 heterocycles. The van der Waals surface area contributed by atoms with Gasteiger partial charge in [-0.2, -0.15) is 0 Å². The van der Waals surface area contributed by atoms with E-state index in [2.05, 4.69) is 20.8 Å². The van der Waals surface area contributed by atoms with Crippen molar-refractivity contribution in [2.24, 2.45) is 0 Å². The standard InChI is InChI=1S/C14H22O3/c1-4-14(2,3)11-5-7-13(8-6-11)17-10-12(16)9-15/h5-8,12,15-16H,4,9-10H2,1-3H3. The van der Waals surface area contributed by atoms with Gasteiger partial charge in [-0.05, 0) is 29.5 Å². The van der Waals surface area contributed by atoms with Gasteiger partial charge in [0.2, 0.25) is 0 Å². The average molecular weight is 238 g/mol. The summed E-state index contributed by atoms with van der Waals surface area (Å²) in [5, 5.41) is 17.8. The van der Waals surface area contributed by atoms with Crippen LogP contribution in [0.25, 0.3) is 0 Å². The molecule has 0 amide bonds. The van der Waals surface area contributed by atoms with Crippen molar-refractivity contribution in [3.05, 3.63) is 29.8 Å². The van der Waals surface area contributed by atoms with Crippen LogP contribution in [0, 0.1) is 0 Å². The molecular formula is C14H22O3. The van der Waals surface area contributed by atoms with Gasteiger partial charge in [-0.3, -0.25) is 0 Å². The maximum Gasteiger partial charge on any atom is 0.119 e. The molecule has 0 fully saturated rings. The normalized spacial score (nSPS) is 13.5. The van der Waals surface area contributed by atoms with E-state index in [1.165, 1.54) is 5.56 Å². The van der Waals surface area contributed by atoms with Crippen LogP contribution in [0.5, 0.6) is 5.75 Å². The molecule has 3 heteroatoms. The van der Waals surface area contributed by atoms with Gasteiger partial charge >= 0.3 is 0 Å². The lowest BCUT2D eigenvalue weighted by Gasteiger charge is -2.23. The highest BCUT2D eigenvalue weighted by atomic mass is 16.5. The molecule has 1 rings (SSSR count). The SMILES string of the molecule is CCC(C)(C)c1ccc(OCC(O)CO)cc1. The van der Waals surface area contributed by atoms with E-state index in [0.717, 1.165) is 6.42 Å². The Bertz CT molecular complexity index is 330. The highest BCUT2D eigenvalue weighted by Gasteiger charge is 2.17. The predicted octanol–water partition coefficient (Wildman–Crippen LogP) is 2.11. The largest absolute Gasteiger partial charge is 0.491 e.